The number of methoxy groups -OCH3 is 3. The van der Waals surface area contributed by atoms with Crippen molar-refractivity contribution >= 4 is 27.7 Å². The quantitative estimate of drug-likeness (QED) is 0.439. The highest BCUT2D eigenvalue weighted by Crippen LogP contribution is 2.42. The Bertz CT molecular complexity index is 1750. The summed E-state index contributed by atoms with van der Waals surface area (Å²) < 4.78 is 17.2. The zero-order valence-corrected chi connectivity index (χ0v) is 18.3. The molecule has 2 aromatic carbocycles. The largest absolute Gasteiger partial charge is 0.493 e. The maximum absolute atomic E-state index is 13.4. The molecule has 166 valence electrons. The van der Waals surface area contributed by atoms with Crippen LogP contribution in [-0.2, 0) is 0 Å². The second-order valence-electron chi connectivity index (χ2n) is 7.28. The van der Waals surface area contributed by atoms with Gasteiger partial charge in [0.25, 0.3) is 5.56 Å². The van der Waals surface area contributed by atoms with Crippen molar-refractivity contribution in [2.75, 3.05) is 21.3 Å². The van der Waals surface area contributed by atoms with Crippen LogP contribution in [-0.4, -0.2) is 40.9 Å². The van der Waals surface area contributed by atoms with Crippen molar-refractivity contribution < 1.29 is 14.2 Å². The minimum Gasteiger partial charge on any atom is -0.493 e. The molecule has 0 saturated heterocycles. The number of hydrogen-bond acceptors (Lipinski definition) is 8. The molecule has 0 fully saturated rings. The van der Waals surface area contributed by atoms with E-state index in [1.165, 1.54) is 21.3 Å². The molecular formula is C24H16N6O4. The number of para-hydroxylation sites is 1. The first-order valence-electron chi connectivity index (χ1n) is 10.0. The normalized spacial score (nSPS) is 10.9. The molecule has 5 aromatic rings. The molecule has 0 spiro atoms. The molecule has 0 atom stereocenters. The van der Waals surface area contributed by atoms with Crippen molar-refractivity contribution in [3.63, 3.8) is 0 Å². The number of ether oxygens (including phenoxy) is 3. The van der Waals surface area contributed by atoms with Gasteiger partial charge in [0.15, 0.2) is 22.8 Å². The monoisotopic (exact) mass is 452 g/mol. The smallest absolute Gasteiger partial charge is 0.291 e. The maximum atomic E-state index is 13.4. The van der Waals surface area contributed by atoms with Crippen LogP contribution in [0.3, 0.4) is 0 Å². The maximum Gasteiger partial charge on any atom is 0.291 e. The average molecular weight is 452 g/mol. The Balaban J connectivity index is 1.94. The number of aromatic nitrogens is 4. The van der Waals surface area contributed by atoms with Gasteiger partial charge in [0, 0.05) is 16.5 Å². The lowest BCUT2D eigenvalue weighted by molar-refractivity contribution is 0.324. The first kappa shape index (κ1) is 20.8. The Labute approximate surface area is 192 Å². The predicted molar refractivity (Wildman–Crippen MR) is 123 cm³/mol. The lowest BCUT2D eigenvalue weighted by Crippen LogP contribution is -2.23. The third kappa shape index (κ3) is 2.83. The van der Waals surface area contributed by atoms with Gasteiger partial charge in [-0.15, -0.1) is 0 Å². The number of nitriles is 2. The van der Waals surface area contributed by atoms with Crippen LogP contribution >= 0.6 is 0 Å². The minimum atomic E-state index is -0.695. The number of nitrogens with one attached hydrogen (secondary N) is 1. The average Bonchev–Trinajstić information content (AvgIpc) is 3.24. The van der Waals surface area contributed by atoms with E-state index < -0.39 is 5.56 Å². The zero-order chi connectivity index (χ0) is 24.0. The van der Waals surface area contributed by atoms with E-state index in [-0.39, 0.29) is 22.3 Å². The number of H-pyrrole nitrogens is 1. The molecule has 3 aromatic heterocycles. The second-order valence-corrected chi connectivity index (χ2v) is 7.28. The summed E-state index contributed by atoms with van der Waals surface area (Å²) >= 11 is 0. The molecular weight excluding hydrogens is 436 g/mol. The highest BCUT2D eigenvalue weighted by Gasteiger charge is 2.25. The molecule has 10 heteroatoms. The lowest BCUT2D eigenvalue weighted by Gasteiger charge is -2.16. The fourth-order valence-corrected chi connectivity index (χ4v) is 4.07. The Morgan fingerprint density at radius 2 is 1.65 bits per heavy atom. The number of pyridine rings is 1. The summed E-state index contributed by atoms with van der Waals surface area (Å²) in [6.45, 7) is 0. The molecule has 10 nitrogen and oxygen atoms in total. The highest BCUT2D eigenvalue weighted by atomic mass is 16.5. The van der Waals surface area contributed by atoms with E-state index in [2.05, 4.69) is 21.1 Å². The van der Waals surface area contributed by atoms with E-state index in [1.54, 1.807) is 12.1 Å². The standard InChI is InChI=1S/C24H16N6O4/c1-32-17-8-12(9-18(33-2)21(17)34-3)19-14(10-25)23-28-22-20(13-6-4-5-7-16(13)27-22)29-30(23)24(31)15(19)11-26/h4-9H,1-3H3,(H,27,28). The minimum absolute atomic E-state index is 0.0125. The van der Waals surface area contributed by atoms with Gasteiger partial charge in [0.2, 0.25) is 5.75 Å². The summed E-state index contributed by atoms with van der Waals surface area (Å²) in [6, 6.07) is 14.6. The number of aromatic amines is 1. The number of nitrogens with zero attached hydrogens (tertiary/aromatic N) is 5. The molecule has 3 heterocycles. The van der Waals surface area contributed by atoms with E-state index >= 15 is 0 Å². The van der Waals surface area contributed by atoms with E-state index in [0.29, 0.717) is 34.0 Å². The van der Waals surface area contributed by atoms with E-state index in [9.17, 15) is 15.3 Å². The van der Waals surface area contributed by atoms with Crippen molar-refractivity contribution in [1.82, 2.24) is 19.6 Å². The predicted octanol–water partition coefficient (Wildman–Crippen LogP) is 3.16. The molecule has 0 saturated carbocycles. The van der Waals surface area contributed by atoms with Gasteiger partial charge in [0.1, 0.15) is 28.8 Å². The van der Waals surface area contributed by atoms with Crippen LogP contribution < -0.4 is 19.8 Å². The van der Waals surface area contributed by atoms with Gasteiger partial charge in [-0.05, 0) is 23.8 Å². The summed E-state index contributed by atoms with van der Waals surface area (Å²) in [6.07, 6.45) is 0. The van der Waals surface area contributed by atoms with Crippen LogP contribution in [0.5, 0.6) is 17.2 Å². The molecule has 0 amide bonds. The van der Waals surface area contributed by atoms with Gasteiger partial charge in [-0.1, -0.05) is 18.2 Å². The lowest BCUT2D eigenvalue weighted by atomic mass is 9.96. The van der Waals surface area contributed by atoms with Crippen LogP contribution in [0.25, 0.3) is 38.8 Å². The third-order valence-corrected chi connectivity index (χ3v) is 5.58. The zero-order valence-electron chi connectivity index (χ0n) is 18.3. The molecule has 0 unspecified atom stereocenters. The summed E-state index contributed by atoms with van der Waals surface area (Å²) in [5, 5.41) is 25.3. The van der Waals surface area contributed by atoms with Gasteiger partial charge >= 0.3 is 0 Å². The summed E-state index contributed by atoms with van der Waals surface area (Å²) in [4.78, 5) is 21.1. The summed E-state index contributed by atoms with van der Waals surface area (Å²) in [5.41, 5.74) is 1.21. The Kier molecular flexibility index (Phi) is 4.77. The van der Waals surface area contributed by atoms with Crippen LogP contribution in [0.1, 0.15) is 11.1 Å². The number of hydrogen-bond donors (Lipinski definition) is 1. The Morgan fingerprint density at radius 3 is 2.26 bits per heavy atom. The van der Waals surface area contributed by atoms with Gasteiger partial charge in [-0.3, -0.25) is 4.79 Å². The molecule has 0 bridgehead atoms. The summed E-state index contributed by atoms with van der Waals surface area (Å²) in [5.74, 6) is 0.951. The highest BCUT2D eigenvalue weighted by molar-refractivity contribution is 6.03. The first-order valence-corrected chi connectivity index (χ1v) is 10.0. The van der Waals surface area contributed by atoms with E-state index in [4.69, 9.17) is 14.2 Å². The fraction of sp³-hybridized carbons (Fsp3) is 0.125. The van der Waals surface area contributed by atoms with Crippen LogP contribution in [0.15, 0.2) is 41.2 Å². The second kappa shape index (κ2) is 7.80. The first-order chi connectivity index (χ1) is 16.6. The van der Waals surface area contributed by atoms with E-state index in [1.807, 2.05) is 30.3 Å². The van der Waals surface area contributed by atoms with Crippen LogP contribution in [0.4, 0.5) is 0 Å². The molecule has 0 radical (unpaired) electrons. The van der Waals surface area contributed by atoms with Crippen molar-refractivity contribution in [3.05, 3.63) is 57.9 Å². The van der Waals surface area contributed by atoms with Crippen molar-refractivity contribution in [2.24, 2.45) is 0 Å². The van der Waals surface area contributed by atoms with Gasteiger partial charge in [-0.2, -0.15) is 20.1 Å². The van der Waals surface area contributed by atoms with Gasteiger partial charge < -0.3 is 19.2 Å². The molecule has 0 aliphatic heterocycles. The van der Waals surface area contributed by atoms with Crippen molar-refractivity contribution in [3.8, 4) is 40.5 Å². The SMILES string of the molecule is COc1cc(-c2c(C#N)c(=O)n3nc4c(nc3c2C#N)[nH]c2ccccc24)cc(OC)c1OC. The van der Waals surface area contributed by atoms with Crippen LogP contribution in [0.2, 0.25) is 0 Å². The number of benzene rings is 2. The Hall–Kier alpha value is -5.09. The third-order valence-electron chi connectivity index (χ3n) is 5.58. The molecule has 0 aliphatic carbocycles. The van der Waals surface area contributed by atoms with Gasteiger partial charge in [0.05, 0.1) is 21.3 Å². The number of fused-ring (bicyclic) bond motifs is 4. The Morgan fingerprint density at radius 1 is 0.971 bits per heavy atom. The van der Waals surface area contributed by atoms with Gasteiger partial charge in [-0.25, -0.2) is 4.98 Å². The molecule has 34 heavy (non-hydrogen) atoms. The molecule has 5 rings (SSSR count). The fourth-order valence-electron chi connectivity index (χ4n) is 4.07. The number of rotatable bonds is 4. The van der Waals surface area contributed by atoms with Crippen LogP contribution in [0, 0.1) is 22.7 Å². The van der Waals surface area contributed by atoms with Crippen molar-refractivity contribution in [2.45, 2.75) is 0 Å². The van der Waals surface area contributed by atoms with Crippen molar-refractivity contribution in [1.29, 1.82) is 10.5 Å². The van der Waals surface area contributed by atoms with E-state index in [0.717, 1.165) is 15.4 Å². The molecule has 0 aliphatic rings. The molecule has 1 N–H and O–H groups in total. The summed E-state index contributed by atoms with van der Waals surface area (Å²) in [7, 11) is 4.36. The topological polar surface area (TPSA) is 138 Å².